The third-order valence-corrected chi connectivity index (χ3v) is 4.35. The second kappa shape index (κ2) is 7.59. The van der Waals surface area contributed by atoms with Crippen LogP contribution in [0, 0.1) is 6.92 Å². The highest BCUT2D eigenvalue weighted by atomic mass is 16.4. The van der Waals surface area contributed by atoms with Gasteiger partial charge in [-0.05, 0) is 36.4 Å². The molecule has 0 saturated carbocycles. The summed E-state index contributed by atoms with van der Waals surface area (Å²) in [5, 5.41) is 14.5. The van der Waals surface area contributed by atoms with Gasteiger partial charge in [0.25, 0.3) is 5.89 Å². The van der Waals surface area contributed by atoms with E-state index in [0.717, 1.165) is 10.9 Å². The second-order valence-electron chi connectivity index (χ2n) is 6.61. The molecule has 0 spiro atoms. The third-order valence-electron chi connectivity index (χ3n) is 4.35. The zero-order valence-electron chi connectivity index (χ0n) is 16.0. The maximum atomic E-state index is 12.7. The standard InChI is InChI=1S/C21H19N5O3/c1-13(27)22-16-7-9-17(10-8-16)23-20(28)12-26-18-6-4-3-5-15(18)11-19(26)21-25-24-14(2)29-21/h3-11H,12H2,1-2H3,(H,22,27)(H,23,28). The van der Waals surface area contributed by atoms with E-state index < -0.39 is 0 Å². The Labute approximate surface area is 166 Å². The summed E-state index contributed by atoms with van der Waals surface area (Å²) in [7, 11) is 0. The van der Waals surface area contributed by atoms with E-state index in [1.807, 2.05) is 34.9 Å². The Kier molecular flexibility index (Phi) is 4.82. The normalized spacial score (nSPS) is 10.8. The molecule has 2 N–H and O–H groups in total. The van der Waals surface area contributed by atoms with E-state index in [9.17, 15) is 9.59 Å². The Bertz CT molecular complexity index is 1190. The Morgan fingerprint density at radius 3 is 2.34 bits per heavy atom. The Balaban J connectivity index is 1.58. The van der Waals surface area contributed by atoms with Crippen molar-refractivity contribution in [2.75, 3.05) is 10.6 Å². The lowest BCUT2D eigenvalue weighted by molar-refractivity contribution is -0.116. The molecule has 4 aromatic rings. The Morgan fingerprint density at radius 2 is 1.69 bits per heavy atom. The van der Waals surface area contributed by atoms with Crippen LogP contribution in [0.3, 0.4) is 0 Å². The van der Waals surface area contributed by atoms with Crippen molar-refractivity contribution in [2.45, 2.75) is 20.4 Å². The highest BCUT2D eigenvalue weighted by molar-refractivity contribution is 5.94. The topological polar surface area (TPSA) is 102 Å². The van der Waals surface area contributed by atoms with Gasteiger partial charge in [0.05, 0.1) is 0 Å². The first kappa shape index (κ1) is 18.4. The summed E-state index contributed by atoms with van der Waals surface area (Å²) in [4.78, 5) is 23.8. The van der Waals surface area contributed by atoms with Crippen LogP contribution in [-0.4, -0.2) is 26.6 Å². The fraction of sp³-hybridized carbons (Fsp3) is 0.143. The van der Waals surface area contributed by atoms with Crippen molar-refractivity contribution in [3.05, 3.63) is 60.5 Å². The van der Waals surface area contributed by atoms with Gasteiger partial charge in [0.15, 0.2) is 0 Å². The zero-order chi connectivity index (χ0) is 20.4. The molecule has 29 heavy (non-hydrogen) atoms. The number of rotatable bonds is 5. The lowest BCUT2D eigenvalue weighted by Crippen LogP contribution is -2.19. The van der Waals surface area contributed by atoms with Crippen LogP contribution >= 0.6 is 0 Å². The minimum atomic E-state index is -0.198. The van der Waals surface area contributed by atoms with Crippen molar-refractivity contribution >= 4 is 34.1 Å². The number of aryl methyl sites for hydroxylation is 1. The monoisotopic (exact) mass is 389 g/mol. The van der Waals surface area contributed by atoms with E-state index >= 15 is 0 Å². The summed E-state index contributed by atoms with van der Waals surface area (Å²) in [5.41, 5.74) is 2.88. The number of aromatic nitrogens is 3. The van der Waals surface area contributed by atoms with Gasteiger partial charge in [-0.1, -0.05) is 18.2 Å². The fourth-order valence-corrected chi connectivity index (χ4v) is 3.14. The first-order valence-corrected chi connectivity index (χ1v) is 9.06. The van der Waals surface area contributed by atoms with Gasteiger partial charge in [-0.15, -0.1) is 10.2 Å². The maximum absolute atomic E-state index is 12.7. The summed E-state index contributed by atoms with van der Waals surface area (Å²) in [6.07, 6.45) is 0. The number of hydrogen-bond acceptors (Lipinski definition) is 5. The van der Waals surface area contributed by atoms with E-state index in [1.165, 1.54) is 6.92 Å². The predicted octanol–water partition coefficient (Wildman–Crippen LogP) is 3.60. The molecule has 0 saturated heterocycles. The molecule has 0 radical (unpaired) electrons. The molecule has 0 aliphatic rings. The number of nitrogens with one attached hydrogen (secondary N) is 2. The lowest BCUT2D eigenvalue weighted by Gasteiger charge is -2.10. The van der Waals surface area contributed by atoms with Crippen molar-refractivity contribution in [1.82, 2.24) is 14.8 Å². The van der Waals surface area contributed by atoms with Gasteiger partial charge in [0.1, 0.15) is 12.2 Å². The van der Waals surface area contributed by atoms with E-state index in [-0.39, 0.29) is 18.4 Å². The van der Waals surface area contributed by atoms with Crippen molar-refractivity contribution in [3.63, 3.8) is 0 Å². The summed E-state index contributed by atoms with van der Waals surface area (Å²) in [6, 6.07) is 16.6. The van der Waals surface area contributed by atoms with E-state index in [1.54, 1.807) is 31.2 Å². The number of carbonyl (C=O) groups is 2. The van der Waals surface area contributed by atoms with Crippen LogP contribution in [0.2, 0.25) is 0 Å². The van der Waals surface area contributed by atoms with Crippen molar-refractivity contribution < 1.29 is 14.0 Å². The zero-order valence-corrected chi connectivity index (χ0v) is 16.0. The molecule has 2 heterocycles. The van der Waals surface area contributed by atoms with E-state index in [4.69, 9.17) is 4.42 Å². The number of benzene rings is 2. The molecule has 0 unspecified atom stereocenters. The van der Waals surface area contributed by atoms with E-state index in [0.29, 0.717) is 28.9 Å². The summed E-state index contributed by atoms with van der Waals surface area (Å²) < 4.78 is 7.43. The molecule has 2 aromatic carbocycles. The summed E-state index contributed by atoms with van der Waals surface area (Å²) >= 11 is 0. The molecule has 0 aliphatic carbocycles. The number of amides is 2. The van der Waals surface area contributed by atoms with Gasteiger partial charge < -0.3 is 19.6 Å². The molecular formula is C21H19N5O3. The predicted molar refractivity (Wildman–Crippen MR) is 109 cm³/mol. The number of hydrogen-bond donors (Lipinski definition) is 2. The third kappa shape index (κ3) is 4.01. The highest BCUT2D eigenvalue weighted by Gasteiger charge is 2.17. The lowest BCUT2D eigenvalue weighted by atomic mass is 10.2. The van der Waals surface area contributed by atoms with Crippen molar-refractivity contribution in [3.8, 4) is 11.6 Å². The van der Waals surface area contributed by atoms with Crippen LogP contribution in [0.25, 0.3) is 22.5 Å². The molecule has 0 atom stereocenters. The average molecular weight is 389 g/mol. The average Bonchev–Trinajstić information content (AvgIpc) is 3.27. The first-order valence-electron chi connectivity index (χ1n) is 9.06. The van der Waals surface area contributed by atoms with Crippen LogP contribution in [-0.2, 0) is 16.1 Å². The molecular weight excluding hydrogens is 370 g/mol. The molecule has 2 amide bonds. The molecule has 0 fully saturated rings. The molecule has 0 bridgehead atoms. The maximum Gasteiger partial charge on any atom is 0.264 e. The van der Waals surface area contributed by atoms with Crippen molar-refractivity contribution in [2.24, 2.45) is 0 Å². The molecule has 146 valence electrons. The minimum absolute atomic E-state index is 0.0811. The van der Waals surface area contributed by atoms with Crippen LogP contribution in [0.1, 0.15) is 12.8 Å². The fourth-order valence-electron chi connectivity index (χ4n) is 3.14. The minimum Gasteiger partial charge on any atom is -0.420 e. The van der Waals surface area contributed by atoms with Crippen LogP contribution in [0.4, 0.5) is 11.4 Å². The molecule has 2 aromatic heterocycles. The van der Waals surface area contributed by atoms with Crippen LogP contribution < -0.4 is 10.6 Å². The largest absolute Gasteiger partial charge is 0.420 e. The van der Waals surface area contributed by atoms with Gasteiger partial charge in [-0.25, -0.2) is 0 Å². The van der Waals surface area contributed by atoms with Crippen LogP contribution in [0.15, 0.2) is 59.0 Å². The van der Waals surface area contributed by atoms with Gasteiger partial charge >= 0.3 is 0 Å². The van der Waals surface area contributed by atoms with Crippen LogP contribution in [0.5, 0.6) is 0 Å². The first-order chi connectivity index (χ1) is 14.0. The highest BCUT2D eigenvalue weighted by Crippen LogP contribution is 2.27. The van der Waals surface area contributed by atoms with Gasteiger partial charge in [0, 0.05) is 36.1 Å². The SMILES string of the molecule is CC(=O)Nc1ccc(NC(=O)Cn2c(-c3nnc(C)o3)cc3ccccc32)cc1. The van der Waals surface area contributed by atoms with E-state index in [2.05, 4.69) is 20.8 Å². The molecule has 4 rings (SSSR count). The number of anilines is 2. The molecule has 8 nitrogen and oxygen atoms in total. The Morgan fingerprint density at radius 1 is 1.00 bits per heavy atom. The summed E-state index contributed by atoms with van der Waals surface area (Å²) in [5.74, 6) is 0.479. The van der Waals surface area contributed by atoms with Crippen molar-refractivity contribution in [1.29, 1.82) is 0 Å². The van der Waals surface area contributed by atoms with Gasteiger partial charge in [-0.2, -0.15) is 0 Å². The number of para-hydroxylation sites is 1. The second-order valence-corrected chi connectivity index (χ2v) is 6.61. The van der Waals surface area contributed by atoms with Gasteiger partial charge in [0.2, 0.25) is 17.7 Å². The Hall–Kier alpha value is -3.94. The summed E-state index contributed by atoms with van der Waals surface area (Å²) in [6.45, 7) is 3.25. The molecule has 0 aliphatic heterocycles. The number of nitrogens with zero attached hydrogens (tertiary/aromatic N) is 3. The number of carbonyl (C=O) groups excluding carboxylic acids is 2. The molecule has 8 heteroatoms. The quantitative estimate of drug-likeness (QED) is 0.543. The van der Waals surface area contributed by atoms with Gasteiger partial charge in [-0.3, -0.25) is 9.59 Å². The number of fused-ring (bicyclic) bond motifs is 1. The smallest absolute Gasteiger partial charge is 0.264 e.